The minimum absolute atomic E-state index is 0.350. The molecule has 0 fully saturated rings. The molecule has 56 valence electrons. The third kappa shape index (κ3) is 1.23. The maximum atomic E-state index is 12.3. The first-order valence-electron chi connectivity index (χ1n) is 2.62. The van der Waals surface area contributed by atoms with Gasteiger partial charge in [-0.2, -0.15) is 8.78 Å². The Morgan fingerprint density at radius 1 is 1.70 bits per heavy atom. The first-order valence-corrected chi connectivity index (χ1v) is 2.62. The maximum absolute atomic E-state index is 12.3. The SMILES string of the molecule is CC(F)(F)c1ncc(O)[nH]1. The molecular formula is C5H6F2N2O. The van der Waals surface area contributed by atoms with E-state index in [1.54, 1.807) is 0 Å². The van der Waals surface area contributed by atoms with Crippen molar-refractivity contribution >= 4 is 0 Å². The van der Waals surface area contributed by atoms with Gasteiger partial charge in [0, 0.05) is 6.92 Å². The van der Waals surface area contributed by atoms with Crippen LogP contribution in [-0.4, -0.2) is 15.1 Å². The predicted octanol–water partition coefficient (Wildman–Crippen LogP) is 1.23. The van der Waals surface area contributed by atoms with Gasteiger partial charge in [0.05, 0.1) is 6.20 Å². The van der Waals surface area contributed by atoms with Crippen LogP contribution in [0.2, 0.25) is 0 Å². The highest BCUT2D eigenvalue weighted by Crippen LogP contribution is 2.24. The molecule has 0 aliphatic rings. The van der Waals surface area contributed by atoms with Gasteiger partial charge in [0.1, 0.15) is 0 Å². The molecule has 0 amide bonds. The predicted molar refractivity (Wildman–Crippen MR) is 29.8 cm³/mol. The van der Waals surface area contributed by atoms with Crippen LogP contribution in [-0.2, 0) is 5.92 Å². The molecule has 1 heterocycles. The van der Waals surface area contributed by atoms with Crippen LogP contribution in [0.4, 0.5) is 8.78 Å². The average molecular weight is 148 g/mol. The molecule has 0 aliphatic heterocycles. The summed E-state index contributed by atoms with van der Waals surface area (Å²) in [6.45, 7) is 0.700. The molecule has 0 spiro atoms. The van der Waals surface area contributed by atoms with Crippen LogP contribution in [0.3, 0.4) is 0 Å². The zero-order chi connectivity index (χ0) is 7.78. The van der Waals surface area contributed by atoms with E-state index < -0.39 is 11.7 Å². The van der Waals surface area contributed by atoms with E-state index in [1.165, 1.54) is 0 Å². The van der Waals surface area contributed by atoms with Crippen molar-refractivity contribution in [3.05, 3.63) is 12.0 Å². The van der Waals surface area contributed by atoms with Crippen LogP contribution in [0.5, 0.6) is 5.88 Å². The Morgan fingerprint density at radius 2 is 2.30 bits per heavy atom. The van der Waals surface area contributed by atoms with Crippen LogP contribution in [0.1, 0.15) is 12.7 Å². The number of H-pyrrole nitrogens is 1. The Balaban J connectivity index is 2.96. The largest absolute Gasteiger partial charge is 0.493 e. The molecule has 0 unspecified atom stereocenters. The van der Waals surface area contributed by atoms with E-state index >= 15 is 0 Å². The maximum Gasteiger partial charge on any atom is 0.302 e. The first kappa shape index (κ1) is 6.98. The number of rotatable bonds is 1. The summed E-state index contributed by atoms with van der Waals surface area (Å²) in [5.74, 6) is -3.89. The van der Waals surface area contributed by atoms with E-state index in [1.807, 2.05) is 4.98 Å². The summed E-state index contributed by atoms with van der Waals surface area (Å²) >= 11 is 0. The second-order valence-corrected chi connectivity index (χ2v) is 2.01. The average Bonchev–Trinajstić information content (AvgIpc) is 2.11. The second-order valence-electron chi connectivity index (χ2n) is 2.01. The number of nitrogens with zero attached hydrogens (tertiary/aromatic N) is 1. The highest BCUT2D eigenvalue weighted by molar-refractivity contribution is 5.07. The molecule has 3 nitrogen and oxygen atoms in total. The van der Waals surface area contributed by atoms with E-state index in [9.17, 15) is 8.78 Å². The molecule has 0 aromatic carbocycles. The monoisotopic (exact) mass is 148 g/mol. The van der Waals surface area contributed by atoms with Gasteiger partial charge in [-0.05, 0) is 0 Å². The molecule has 1 aromatic heterocycles. The number of alkyl halides is 2. The normalized spacial score (nSPS) is 11.9. The number of aromatic amines is 1. The van der Waals surface area contributed by atoms with Gasteiger partial charge in [0.25, 0.3) is 0 Å². The van der Waals surface area contributed by atoms with E-state index in [0.29, 0.717) is 6.92 Å². The Kier molecular flexibility index (Phi) is 1.35. The molecule has 1 aromatic rings. The molecule has 2 N–H and O–H groups in total. The van der Waals surface area contributed by atoms with Crippen molar-refractivity contribution in [3.8, 4) is 5.88 Å². The minimum atomic E-state index is -3.01. The van der Waals surface area contributed by atoms with Gasteiger partial charge in [-0.15, -0.1) is 0 Å². The van der Waals surface area contributed by atoms with E-state index in [0.717, 1.165) is 6.20 Å². The summed E-state index contributed by atoms with van der Waals surface area (Å²) in [5.41, 5.74) is 0. The van der Waals surface area contributed by atoms with Crippen LogP contribution in [0.15, 0.2) is 6.20 Å². The molecule has 0 aliphatic carbocycles. The molecule has 0 saturated heterocycles. The molecule has 0 bridgehead atoms. The summed E-state index contributed by atoms with van der Waals surface area (Å²) in [6, 6.07) is 0. The van der Waals surface area contributed by atoms with Crippen LogP contribution >= 0.6 is 0 Å². The van der Waals surface area contributed by atoms with Gasteiger partial charge in [-0.1, -0.05) is 0 Å². The Hall–Kier alpha value is -1.13. The summed E-state index contributed by atoms with van der Waals surface area (Å²) in [4.78, 5) is 5.24. The molecule has 0 atom stereocenters. The number of imidazole rings is 1. The summed E-state index contributed by atoms with van der Waals surface area (Å²) in [7, 11) is 0. The molecule has 10 heavy (non-hydrogen) atoms. The Labute approximate surface area is 55.7 Å². The molecule has 0 radical (unpaired) electrons. The lowest BCUT2D eigenvalue weighted by atomic mass is 10.4. The van der Waals surface area contributed by atoms with Crippen molar-refractivity contribution in [2.75, 3.05) is 0 Å². The number of aromatic nitrogens is 2. The zero-order valence-corrected chi connectivity index (χ0v) is 5.23. The van der Waals surface area contributed by atoms with Crippen molar-refractivity contribution in [1.82, 2.24) is 9.97 Å². The van der Waals surface area contributed by atoms with E-state index in [2.05, 4.69) is 4.98 Å². The third-order valence-electron chi connectivity index (χ3n) is 0.978. The van der Waals surface area contributed by atoms with Crippen LogP contribution < -0.4 is 0 Å². The quantitative estimate of drug-likeness (QED) is 0.629. The van der Waals surface area contributed by atoms with Crippen molar-refractivity contribution < 1.29 is 13.9 Å². The Morgan fingerprint density at radius 3 is 2.50 bits per heavy atom. The van der Waals surface area contributed by atoms with E-state index in [4.69, 9.17) is 5.11 Å². The lowest BCUT2D eigenvalue weighted by Gasteiger charge is -2.03. The van der Waals surface area contributed by atoms with Gasteiger partial charge in [-0.25, -0.2) is 4.98 Å². The summed E-state index contributed by atoms with van der Waals surface area (Å²) in [6.07, 6.45) is 0.937. The van der Waals surface area contributed by atoms with Gasteiger partial charge in [-0.3, -0.25) is 0 Å². The van der Waals surface area contributed by atoms with Gasteiger partial charge in [0.15, 0.2) is 5.82 Å². The first-order chi connectivity index (χ1) is 4.50. The van der Waals surface area contributed by atoms with Crippen molar-refractivity contribution in [2.45, 2.75) is 12.8 Å². The second kappa shape index (κ2) is 1.93. The highest BCUT2D eigenvalue weighted by Gasteiger charge is 2.27. The number of hydrogen-bond donors (Lipinski definition) is 2. The Bertz CT molecular complexity index is 228. The van der Waals surface area contributed by atoms with Gasteiger partial charge in [0.2, 0.25) is 5.88 Å². The topological polar surface area (TPSA) is 48.9 Å². The molecule has 5 heteroatoms. The van der Waals surface area contributed by atoms with Crippen LogP contribution in [0.25, 0.3) is 0 Å². The third-order valence-corrected chi connectivity index (χ3v) is 0.978. The number of halogens is 2. The standard InChI is InChI=1S/C5H6F2N2O/c1-5(6,7)4-8-2-3(10)9-4/h2,10H,1H3,(H,8,9). The molecule has 0 saturated carbocycles. The number of aromatic hydroxyl groups is 1. The summed E-state index contributed by atoms with van der Waals surface area (Å²) in [5, 5.41) is 8.56. The fourth-order valence-electron chi connectivity index (χ4n) is 0.535. The van der Waals surface area contributed by atoms with E-state index in [-0.39, 0.29) is 5.88 Å². The lowest BCUT2D eigenvalue weighted by Crippen LogP contribution is -2.08. The molecule has 1 rings (SSSR count). The lowest BCUT2D eigenvalue weighted by molar-refractivity contribution is 0.00830. The van der Waals surface area contributed by atoms with Crippen molar-refractivity contribution in [1.29, 1.82) is 0 Å². The van der Waals surface area contributed by atoms with Crippen molar-refractivity contribution in [3.63, 3.8) is 0 Å². The fourth-order valence-corrected chi connectivity index (χ4v) is 0.535. The highest BCUT2D eigenvalue weighted by atomic mass is 19.3. The summed E-state index contributed by atoms with van der Waals surface area (Å²) < 4.78 is 24.5. The van der Waals surface area contributed by atoms with Crippen LogP contribution in [0, 0.1) is 0 Å². The van der Waals surface area contributed by atoms with Gasteiger partial charge < -0.3 is 10.1 Å². The van der Waals surface area contributed by atoms with Gasteiger partial charge >= 0.3 is 5.92 Å². The fraction of sp³-hybridized carbons (Fsp3) is 0.400. The number of nitrogens with one attached hydrogen (secondary N) is 1. The smallest absolute Gasteiger partial charge is 0.302 e. The zero-order valence-electron chi connectivity index (χ0n) is 5.23. The molecular weight excluding hydrogens is 142 g/mol. The van der Waals surface area contributed by atoms with Crippen molar-refractivity contribution in [2.24, 2.45) is 0 Å². The number of hydrogen-bond acceptors (Lipinski definition) is 2. The minimum Gasteiger partial charge on any atom is -0.493 e.